The zero-order valence-corrected chi connectivity index (χ0v) is 18.3. The molecule has 0 radical (unpaired) electrons. The van der Waals surface area contributed by atoms with E-state index in [0.717, 1.165) is 26.9 Å². The molecule has 0 fully saturated rings. The van der Waals surface area contributed by atoms with Gasteiger partial charge in [0.15, 0.2) is 5.82 Å². The Morgan fingerprint density at radius 2 is 2.03 bits per heavy atom. The monoisotopic (exact) mass is 478 g/mol. The van der Waals surface area contributed by atoms with Crippen molar-refractivity contribution in [2.45, 2.75) is 6.92 Å². The average Bonchev–Trinajstić information content (AvgIpc) is 3.34. The summed E-state index contributed by atoms with van der Waals surface area (Å²) in [7, 11) is 0. The second kappa shape index (κ2) is 7.00. The fourth-order valence-corrected chi connectivity index (χ4v) is 4.98. The summed E-state index contributed by atoms with van der Waals surface area (Å²) < 4.78 is 2.46. The highest BCUT2D eigenvalue weighted by atomic mass is 79.9. The summed E-state index contributed by atoms with van der Waals surface area (Å²) in [6.07, 6.45) is 1.67. The third-order valence-electron chi connectivity index (χ3n) is 4.95. The first-order valence-electron chi connectivity index (χ1n) is 9.21. The van der Waals surface area contributed by atoms with Crippen molar-refractivity contribution in [2.24, 2.45) is 0 Å². The van der Waals surface area contributed by atoms with Crippen LogP contribution < -0.4 is 15.0 Å². The van der Waals surface area contributed by atoms with E-state index in [9.17, 15) is 9.59 Å². The fraction of sp³-hybridized carbons (Fsp3) is 0.0909. The number of amides is 1. The molecule has 1 aliphatic rings. The van der Waals surface area contributed by atoms with Gasteiger partial charge in [-0.1, -0.05) is 57.1 Å². The molecule has 2 aromatic carbocycles. The molecule has 8 heteroatoms. The molecule has 0 bridgehead atoms. The van der Waals surface area contributed by atoms with E-state index in [0.29, 0.717) is 27.4 Å². The van der Waals surface area contributed by atoms with Crippen LogP contribution in [0.15, 0.2) is 64.4 Å². The molecule has 0 atom stereocenters. The third-order valence-corrected chi connectivity index (χ3v) is 6.47. The lowest BCUT2D eigenvalue weighted by molar-refractivity contribution is -0.112. The van der Waals surface area contributed by atoms with E-state index in [1.54, 1.807) is 11.0 Å². The Morgan fingerprint density at radius 3 is 2.77 bits per heavy atom. The number of hydrogen-bond donors (Lipinski definition) is 0. The summed E-state index contributed by atoms with van der Waals surface area (Å²) in [5.41, 5.74) is 3.46. The number of carbonyl (C=O) groups excluding carboxylic acids is 1. The summed E-state index contributed by atoms with van der Waals surface area (Å²) in [5.74, 6) is 0.274. The fourth-order valence-electron chi connectivity index (χ4n) is 3.62. The van der Waals surface area contributed by atoms with Gasteiger partial charge in [0.1, 0.15) is 4.53 Å². The Morgan fingerprint density at radius 1 is 1.20 bits per heavy atom. The minimum atomic E-state index is -0.337. The van der Waals surface area contributed by atoms with Crippen molar-refractivity contribution in [3.05, 3.63) is 85.6 Å². The van der Waals surface area contributed by atoms with E-state index in [2.05, 4.69) is 32.6 Å². The largest absolute Gasteiger partial charge is 0.304 e. The van der Waals surface area contributed by atoms with E-state index < -0.39 is 0 Å². The van der Waals surface area contributed by atoms with Crippen LogP contribution in [0.3, 0.4) is 0 Å². The molecule has 30 heavy (non-hydrogen) atoms. The number of thiazole rings is 1. The highest BCUT2D eigenvalue weighted by Gasteiger charge is 2.34. The number of anilines is 1. The molecule has 2 aromatic heterocycles. The van der Waals surface area contributed by atoms with Gasteiger partial charge in [0.25, 0.3) is 11.5 Å². The summed E-state index contributed by atoms with van der Waals surface area (Å²) >= 11 is 4.65. The summed E-state index contributed by atoms with van der Waals surface area (Å²) in [6.45, 7) is 6.10. The summed E-state index contributed by atoms with van der Waals surface area (Å²) in [4.78, 5) is 33.0. The van der Waals surface area contributed by atoms with Gasteiger partial charge in [-0.15, -0.1) is 11.7 Å². The first-order valence-corrected chi connectivity index (χ1v) is 10.8. The lowest BCUT2D eigenvalue weighted by Gasteiger charge is -2.14. The van der Waals surface area contributed by atoms with E-state index in [1.807, 2.05) is 49.4 Å². The molecule has 0 spiro atoms. The molecular formula is C22H15BrN4O2S. The minimum absolute atomic E-state index is 0.219. The predicted molar refractivity (Wildman–Crippen MR) is 122 cm³/mol. The molecule has 0 saturated heterocycles. The number of fused-ring (bicyclic) bond motifs is 2. The van der Waals surface area contributed by atoms with Crippen LogP contribution in [-0.4, -0.2) is 27.0 Å². The van der Waals surface area contributed by atoms with Crippen LogP contribution in [0.4, 0.5) is 5.69 Å². The maximum atomic E-state index is 13.2. The zero-order valence-electron chi connectivity index (χ0n) is 15.9. The van der Waals surface area contributed by atoms with Gasteiger partial charge in [-0.2, -0.15) is 9.50 Å². The molecule has 148 valence electrons. The normalized spacial score (nSPS) is 15.1. The standard InChI is InChI=1S/C22H15BrN4O2S/c1-3-9-26-16-8-7-14(23)11-15(16)17(20(26)28)18-21(29)27-22(30-18)24-19(25-27)13-6-4-5-12(2)10-13/h3-8,10-11H,1,9H2,2H3/b18-17-. The number of carbonyl (C=O) groups is 1. The van der Waals surface area contributed by atoms with Crippen molar-refractivity contribution >= 4 is 49.4 Å². The van der Waals surface area contributed by atoms with E-state index in [4.69, 9.17) is 0 Å². The summed E-state index contributed by atoms with van der Waals surface area (Å²) in [5, 5.41) is 4.41. The summed E-state index contributed by atoms with van der Waals surface area (Å²) in [6, 6.07) is 13.4. The molecule has 5 rings (SSSR count). The Bertz CT molecular complexity index is 1470. The van der Waals surface area contributed by atoms with Crippen molar-refractivity contribution in [2.75, 3.05) is 11.4 Å². The van der Waals surface area contributed by atoms with Crippen LogP contribution in [0.1, 0.15) is 11.1 Å². The van der Waals surface area contributed by atoms with Gasteiger partial charge in [0.05, 0.1) is 11.3 Å². The van der Waals surface area contributed by atoms with E-state index in [-0.39, 0.29) is 11.5 Å². The number of hydrogen-bond acceptors (Lipinski definition) is 5. The maximum Gasteiger partial charge on any atom is 0.291 e. The molecule has 0 unspecified atom stereocenters. The molecule has 4 aromatic rings. The Kier molecular flexibility index (Phi) is 4.41. The van der Waals surface area contributed by atoms with Gasteiger partial charge in [0.2, 0.25) is 4.96 Å². The molecule has 1 aliphatic heterocycles. The molecule has 0 N–H and O–H groups in total. The Labute approximate surface area is 183 Å². The number of benzene rings is 2. The van der Waals surface area contributed by atoms with Crippen molar-refractivity contribution in [3.63, 3.8) is 0 Å². The van der Waals surface area contributed by atoms with Gasteiger partial charge in [-0.05, 0) is 31.2 Å². The van der Waals surface area contributed by atoms with Gasteiger partial charge in [0, 0.05) is 22.1 Å². The smallest absolute Gasteiger partial charge is 0.291 e. The number of nitrogens with zero attached hydrogens (tertiary/aromatic N) is 4. The maximum absolute atomic E-state index is 13.2. The highest BCUT2D eigenvalue weighted by molar-refractivity contribution is 9.10. The van der Waals surface area contributed by atoms with Gasteiger partial charge >= 0.3 is 0 Å². The van der Waals surface area contributed by atoms with Gasteiger partial charge in [-0.25, -0.2) is 0 Å². The van der Waals surface area contributed by atoms with Gasteiger partial charge < -0.3 is 4.90 Å². The topological polar surface area (TPSA) is 67.6 Å². The molecule has 0 saturated carbocycles. The Balaban J connectivity index is 1.75. The predicted octanol–water partition coefficient (Wildman–Crippen LogP) is 3.34. The van der Waals surface area contributed by atoms with Crippen LogP contribution in [0, 0.1) is 6.92 Å². The lowest BCUT2D eigenvalue weighted by Crippen LogP contribution is -2.32. The lowest BCUT2D eigenvalue weighted by atomic mass is 10.1. The van der Waals surface area contributed by atoms with Crippen molar-refractivity contribution < 1.29 is 4.79 Å². The second-order valence-corrected chi connectivity index (χ2v) is 8.87. The first kappa shape index (κ1) is 18.9. The van der Waals surface area contributed by atoms with Crippen molar-refractivity contribution in [1.29, 1.82) is 0 Å². The minimum Gasteiger partial charge on any atom is -0.304 e. The molecule has 3 heterocycles. The number of aryl methyl sites for hydroxylation is 1. The molecule has 6 nitrogen and oxygen atoms in total. The Hall–Kier alpha value is -3.10. The van der Waals surface area contributed by atoms with Crippen LogP contribution >= 0.6 is 27.3 Å². The van der Waals surface area contributed by atoms with Crippen LogP contribution in [-0.2, 0) is 4.79 Å². The first-order chi connectivity index (χ1) is 14.5. The van der Waals surface area contributed by atoms with Crippen LogP contribution in [0.2, 0.25) is 0 Å². The number of aromatic nitrogens is 3. The quantitative estimate of drug-likeness (QED) is 0.423. The molecule has 0 aliphatic carbocycles. The van der Waals surface area contributed by atoms with Crippen molar-refractivity contribution in [1.82, 2.24) is 14.6 Å². The van der Waals surface area contributed by atoms with Gasteiger partial charge in [-0.3, -0.25) is 9.59 Å². The SMILES string of the molecule is C=CCN1C(=O)/C(=c2\sc3nc(-c4cccc(C)c4)nn3c2=O)c2cc(Br)ccc21. The molecular weight excluding hydrogens is 464 g/mol. The third kappa shape index (κ3) is 2.83. The zero-order chi connectivity index (χ0) is 21.0. The molecule has 1 amide bonds. The van der Waals surface area contributed by atoms with E-state index in [1.165, 1.54) is 15.9 Å². The van der Waals surface area contributed by atoms with Crippen LogP contribution in [0.5, 0.6) is 0 Å². The average molecular weight is 479 g/mol. The number of rotatable bonds is 3. The van der Waals surface area contributed by atoms with E-state index >= 15 is 0 Å². The highest BCUT2D eigenvalue weighted by Crippen LogP contribution is 2.37. The number of halogens is 1. The van der Waals surface area contributed by atoms with Crippen LogP contribution in [0.25, 0.3) is 21.9 Å². The van der Waals surface area contributed by atoms with Crippen molar-refractivity contribution in [3.8, 4) is 11.4 Å². The second-order valence-electron chi connectivity index (χ2n) is 6.98.